The molecule has 2 rings (SSSR count). The molecular weight excluding hydrogens is 306 g/mol. The van der Waals surface area contributed by atoms with Gasteiger partial charge in [-0.3, -0.25) is 10.1 Å². The Labute approximate surface area is 131 Å². The number of amides is 1. The molecule has 0 atom stereocenters. The number of aryl methyl sites for hydroxylation is 2. The lowest BCUT2D eigenvalue weighted by atomic mass is 10.3. The molecule has 2 aromatic heterocycles. The standard InChI is InChI=1S/C13H19N5OS2/c1-5-8-7(4)20-13(16-8)18-11(19)9-10(14)17-12(21-9)15-6(2)3/h6H,5,14H2,1-4H3,(H,15,17)(H,16,18,19). The summed E-state index contributed by atoms with van der Waals surface area (Å²) in [5, 5.41) is 7.18. The molecule has 0 fully saturated rings. The average molecular weight is 325 g/mol. The average Bonchev–Trinajstić information content (AvgIpc) is 2.91. The molecule has 0 radical (unpaired) electrons. The summed E-state index contributed by atoms with van der Waals surface area (Å²) in [6, 6.07) is 0.236. The van der Waals surface area contributed by atoms with Crippen LogP contribution in [-0.2, 0) is 6.42 Å². The molecule has 1 amide bonds. The number of nitrogens with two attached hydrogens (primary N) is 1. The molecule has 0 spiro atoms. The summed E-state index contributed by atoms with van der Waals surface area (Å²) >= 11 is 2.72. The first-order chi connectivity index (χ1) is 9.90. The summed E-state index contributed by atoms with van der Waals surface area (Å²) in [4.78, 5) is 22.3. The van der Waals surface area contributed by atoms with Gasteiger partial charge in [0.1, 0.15) is 10.7 Å². The fourth-order valence-corrected chi connectivity index (χ4v) is 3.59. The van der Waals surface area contributed by atoms with Gasteiger partial charge in [-0.05, 0) is 27.2 Å². The van der Waals surface area contributed by atoms with Crippen molar-refractivity contribution in [2.45, 2.75) is 40.2 Å². The SMILES string of the molecule is CCc1nc(NC(=O)c2sc(NC(C)C)nc2N)sc1C. The molecule has 0 saturated carbocycles. The number of rotatable bonds is 5. The molecule has 114 valence electrons. The number of nitrogens with zero attached hydrogens (tertiary/aromatic N) is 2. The minimum absolute atomic E-state index is 0.236. The number of anilines is 3. The van der Waals surface area contributed by atoms with Gasteiger partial charge in [-0.1, -0.05) is 18.3 Å². The highest BCUT2D eigenvalue weighted by Gasteiger charge is 2.18. The third kappa shape index (κ3) is 3.70. The van der Waals surface area contributed by atoms with E-state index in [2.05, 4.69) is 20.6 Å². The predicted molar refractivity (Wildman–Crippen MR) is 89.5 cm³/mol. The zero-order valence-corrected chi connectivity index (χ0v) is 14.1. The van der Waals surface area contributed by atoms with Crippen LogP contribution in [0.15, 0.2) is 0 Å². The summed E-state index contributed by atoms with van der Waals surface area (Å²) in [5.41, 5.74) is 6.82. The van der Waals surface area contributed by atoms with E-state index in [1.54, 1.807) is 0 Å². The fourth-order valence-electron chi connectivity index (χ4n) is 1.77. The van der Waals surface area contributed by atoms with E-state index in [1.807, 2.05) is 27.7 Å². The highest BCUT2D eigenvalue weighted by Crippen LogP contribution is 2.28. The quantitative estimate of drug-likeness (QED) is 0.785. The summed E-state index contributed by atoms with van der Waals surface area (Å²) in [6.45, 7) is 8.04. The molecule has 2 aromatic rings. The van der Waals surface area contributed by atoms with Gasteiger partial charge < -0.3 is 11.1 Å². The first kappa shape index (κ1) is 15.7. The molecule has 0 saturated heterocycles. The van der Waals surface area contributed by atoms with Crippen LogP contribution in [-0.4, -0.2) is 21.9 Å². The van der Waals surface area contributed by atoms with Crippen molar-refractivity contribution in [3.8, 4) is 0 Å². The van der Waals surface area contributed by atoms with Crippen LogP contribution in [0.3, 0.4) is 0 Å². The number of nitrogen functional groups attached to an aromatic ring is 1. The number of nitrogens with one attached hydrogen (secondary N) is 2. The highest BCUT2D eigenvalue weighted by atomic mass is 32.1. The molecule has 0 bridgehead atoms. The largest absolute Gasteiger partial charge is 0.382 e. The van der Waals surface area contributed by atoms with Crippen LogP contribution in [0.5, 0.6) is 0 Å². The third-order valence-electron chi connectivity index (χ3n) is 2.72. The summed E-state index contributed by atoms with van der Waals surface area (Å²) in [6.07, 6.45) is 0.851. The Hall–Kier alpha value is -1.67. The molecule has 0 unspecified atom stereocenters. The Morgan fingerprint density at radius 1 is 1.29 bits per heavy atom. The Bertz CT molecular complexity index is 647. The zero-order valence-electron chi connectivity index (χ0n) is 12.5. The van der Waals surface area contributed by atoms with Crippen molar-refractivity contribution < 1.29 is 4.79 Å². The van der Waals surface area contributed by atoms with Crippen LogP contribution in [0.25, 0.3) is 0 Å². The van der Waals surface area contributed by atoms with E-state index in [9.17, 15) is 4.79 Å². The molecule has 2 heterocycles. The van der Waals surface area contributed by atoms with E-state index in [4.69, 9.17) is 5.73 Å². The van der Waals surface area contributed by atoms with Gasteiger partial charge in [0, 0.05) is 10.9 Å². The Morgan fingerprint density at radius 3 is 2.57 bits per heavy atom. The molecular formula is C13H19N5OS2. The van der Waals surface area contributed by atoms with Crippen LogP contribution in [0.1, 0.15) is 41.0 Å². The first-order valence-electron chi connectivity index (χ1n) is 6.71. The van der Waals surface area contributed by atoms with Gasteiger partial charge >= 0.3 is 0 Å². The fraction of sp³-hybridized carbons (Fsp3) is 0.462. The van der Waals surface area contributed by atoms with Crippen molar-refractivity contribution in [1.29, 1.82) is 0 Å². The van der Waals surface area contributed by atoms with E-state index in [0.29, 0.717) is 15.1 Å². The third-order valence-corrected chi connectivity index (χ3v) is 4.65. The second kappa shape index (κ2) is 6.40. The highest BCUT2D eigenvalue weighted by molar-refractivity contribution is 7.18. The zero-order chi connectivity index (χ0) is 15.6. The number of hydrogen-bond donors (Lipinski definition) is 3. The second-order valence-electron chi connectivity index (χ2n) is 4.86. The van der Waals surface area contributed by atoms with Gasteiger partial charge in [-0.2, -0.15) is 0 Å². The van der Waals surface area contributed by atoms with Crippen LogP contribution in [0.2, 0.25) is 0 Å². The van der Waals surface area contributed by atoms with Gasteiger partial charge in [0.25, 0.3) is 5.91 Å². The molecule has 0 aliphatic heterocycles. The van der Waals surface area contributed by atoms with Crippen molar-refractivity contribution in [2.75, 3.05) is 16.4 Å². The topological polar surface area (TPSA) is 92.9 Å². The normalized spacial score (nSPS) is 10.9. The van der Waals surface area contributed by atoms with E-state index >= 15 is 0 Å². The molecule has 4 N–H and O–H groups in total. The minimum Gasteiger partial charge on any atom is -0.382 e. The van der Waals surface area contributed by atoms with Gasteiger partial charge in [0.15, 0.2) is 10.3 Å². The number of carbonyl (C=O) groups excluding carboxylic acids is 1. The molecule has 0 aliphatic carbocycles. The maximum atomic E-state index is 12.3. The molecule has 0 aromatic carbocycles. The van der Waals surface area contributed by atoms with Crippen LogP contribution < -0.4 is 16.4 Å². The number of carbonyl (C=O) groups is 1. The summed E-state index contributed by atoms with van der Waals surface area (Å²) < 4.78 is 0. The van der Waals surface area contributed by atoms with Crippen molar-refractivity contribution >= 4 is 44.7 Å². The maximum Gasteiger partial charge on any atom is 0.271 e. The molecule has 0 aliphatic rings. The van der Waals surface area contributed by atoms with Gasteiger partial charge in [-0.25, -0.2) is 9.97 Å². The van der Waals surface area contributed by atoms with Crippen molar-refractivity contribution in [1.82, 2.24) is 9.97 Å². The first-order valence-corrected chi connectivity index (χ1v) is 8.34. The molecule has 6 nitrogen and oxygen atoms in total. The number of aromatic nitrogens is 2. The molecule has 21 heavy (non-hydrogen) atoms. The van der Waals surface area contributed by atoms with Crippen molar-refractivity contribution in [2.24, 2.45) is 0 Å². The van der Waals surface area contributed by atoms with Crippen molar-refractivity contribution in [3.63, 3.8) is 0 Å². The summed E-state index contributed by atoms with van der Waals surface area (Å²) in [7, 11) is 0. The lowest BCUT2D eigenvalue weighted by Gasteiger charge is -2.03. The van der Waals surface area contributed by atoms with Crippen molar-refractivity contribution in [3.05, 3.63) is 15.4 Å². The number of hydrogen-bond acceptors (Lipinski definition) is 7. The van der Waals surface area contributed by atoms with E-state index in [-0.39, 0.29) is 17.8 Å². The van der Waals surface area contributed by atoms with Gasteiger partial charge in [-0.15, -0.1) is 11.3 Å². The smallest absolute Gasteiger partial charge is 0.271 e. The second-order valence-corrected chi connectivity index (χ2v) is 7.06. The number of thiazole rings is 2. The van der Waals surface area contributed by atoms with E-state index in [0.717, 1.165) is 17.0 Å². The van der Waals surface area contributed by atoms with Gasteiger partial charge in [0.2, 0.25) is 0 Å². The van der Waals surface area contributed by atoms with Crippen LogP contribution in [0.4, 0.5) is 16.1 Å². The van der Waals surface area contributed by atoms with Crippen LogP contribution >= 0.6 is 22.7 Å². The Kier molecular flexibility index (Phi) is 4.79. The Morgan fingerprint density at radius 2 is 2.00 bits per heavy atom. The minimum atomic E-state index is -0.266. The lowest BCUT2D eigenvalue weighted by molar-refractivity contribution is 0.103. The van der Waals surface area contributed by atoms with Crippen LogP contribution in [0, 0.1) is 6.92 Å². The Balaban J connectivity index is 2.14. The lowest BCUT2D eigenvalue weighted by Crippen LogP contribution is -2.12. The van der Waals surface area contributed by atoms with E-state index < -0.39 is 0 Å². The van der Waals surface area contributed by atoms with Gasteiger partial charge in [0.05, 0.1) is 5.69 Å². The maximum absolute atomic E-state index is 12.3. The molecule has 8 heteroatoms. The summed E-state index contributed by atoms with van der Waals surface area (Å²) in [5.74, 6) is -0.0251. The predicted octanol–water partition coefficient (Wildman–Crippen LogP) is 3.13. The monoisotopic (exact) mass is 325 g/mol. The van der Waals surface area contributed by atoms with E-state index in [1.165, 1.54) is 22.7 Å².